The lowest BCUT2D eigenvalue weighted by molar-refractivity contribution is -0.0298. The minimum absolute atomic E-state index is 0.167. The lowest BCUT2D eigenvalue weighted by Gasteiger charge is -2.48. The zero-order chi connectivity index (χ0) is 11.1. The lowest BCUT2D eigenvalue weighted by atomic mass is 9.78. The Morgan fingerprint density at radius 2 is 1.80 bits per heavy atom. The maximum absolute atomic E-state index is 11.7. The number of nitrogens with zero attached hydrogens (tertiary/aromatic N) is 1. The third-order valence-corrected chi connectivity index (χ3v) is 2.97. The molecule has 0 radical (unpaired) electrons. The van der Waals surface area contributed by atoms with Crippen molar-refractivity contribution >= 4 is 6.09 Å². The molecule has 1 saturated heterocycles. The Morgan fingerprint density at radius 1 is 1.27 bits per heavy atom. The maximum Gasteiger partial charge on any atom is 0.410 e. The van der Waals surface area contributed by atoms with E-state index in [1.165, 1.54) is 0 Å². The van der Waals surface area contributed by atoms with E-state index in [1.54, 1.807) is 4.90 Å². The summed E-state index contributed by atoms with van der Waals surface area (Å²) >= 11 is 0. The maximum atomic E-state index is 11.7. The predicted octanol–water partition coefficient (Wildman–Crippen LogP) is 2.57. The normalized spacial score (nSPS) is 23.0. The first-order valence-electron chi connectivity index (χ1n) is 5.53. The summed E-state index contributed by atoms with van der Waals surface area (Å²) in [6.45, 7) is 7.41. The molecule has 0 bridgehead atoms. The van der Waals surface area contributed by atoms with E-state index < -0.39 is 0 Å². The molecule has 3 nitrogen and oxygen atoms in total. The third-order valence-electron chi connectivity index (χ3n) is 2.97. The van der Waals surface area contributed by atoms with Gasteiger partial charge in [-0.3, -0.25) is 0 Å². The van der Waals surface area contributed by atoms with Crippen molar-refractivity contribution < 1.29 is 9.53 Å². The van der Waals surface area contributed by atoms with E-state index in [0.29, 0.717) is 5.41 Å². The van der Waals surface area contributed by atoms with Crippen molar-refractivity contribution in [2.75, 3.05) is 13.1 Å². The van der Waals surface area contributed by atoms with Crippen LogP contribution >= 0.6 is 0 Å². The quantitative estimate of drug-likeness (QED) is 0.574. The molecule has 1 amide bonds. The van der Waals surface area contributed by atoms with Crippen LogP contribution in [0.25, 0.3) is 0 Å². The molecule has 3 heteroatoms. The summed E-state index contributed by atoms with van der Waals surface area (Å²) in [5, 5.41) is 0. The SMILES string of the molecule is CC(C)(C)OC(=O)N1CC2(CC=CC2)C1. The van der Waals surface area contributed by atoms with Crippen LogP contribution in [0.1, 0.15) is 33.6 Å². The summed E-state index contributed by atoms with van der Waals surface area (Å²) in [4.78, 5) is 13.5. The van der Waals surface area contributed by atoms with Crippen molar-refractivity contribution in [3.63, 3.8) is 0 Å². The molecule has 15 heavy (non-hydrogen) atoms. The Kier molecular flexibility index (Phi) is 2.28. The molecule has 0 aromatic carbocycles. The molecule has 1 heterocycles. The smallest absolute Gasteiger partial charge is 0.410 e. The molecule has 0 N–H and O–H groups in total. The van der Waals surface area contributed by atoms with Gasteiger partial charge in [-0.05, 0) is 33.6 Å². The number of rotatable bonds is 0. The molecular formula is C12H19NO2. The molecule has 1 aliphatic heterocycles. The summed E-state index contributed by atoms with van der Waals surface area (Å²) < 4.78 is 5.31. The second kappa shape index (κ2) is 3.26. The predicted molar refractivity (Wildman–Crippen MR) is 58.6 cm³/mol. The molecule has 0 saturated carbocycles. The van der Waals surface area contributed by atoms with Crippen LogP contribution in [0.5, 0.6) is 0 Å². The van der Waals surface area contributed by atoms with Crippen LogP contribution in [0, 0.1) is 5.41 Å². The van der Waals surface area contributed by atoms with E-state index >= 15 is 0 Å². The van der Waals surface area contributed by atoms with Crippen LogP contribution in [0.4, 0.5) is 4.79 Å². The number of hydrogen-bond donors (Lipinski definition) is 0. The van der Waals surface area contributed by atoms with Gasteiger partial charge in [-0.1, -0.05) is 12.2 Å². The first-order valence-corrected chi connectivity index (χ1v) is 5.53. The van der Waals surface area contributed by atoms with Crippen LogP contribution in [0.15, 0.2) is 12.2 Å². The van der Waals surface area contributed by atoms with Crippen LogP contribution in [0.2, 0.25) is 0 Å². The fourth-order valence-electron chi connectivity index (χ4n) is 2.23. The Morgan fingerprint density at radius 3 is 2.27 bits per heavy atom. The molecular weight excluding hydrogens is 190 g/mol. The Labute approximate surface area is 91.1 Å². The number of carbonyl (C=O) groups excluding carboxylic acids is 1. The molecule has 84 valence electrons. The Bertz CT molecular complexity index is 285. The molecule has 2 rings (SSSR count). The molecule has 0 aromatic heterocycles. The minimum atomic E-state index is -0.381. The van der Waals surface area contributed by atoms with Crippen molar-refractivity contribution in [2.45, 2.75) is 39.2 Å². The summed E-state index contributed by atoms with van der Waals surface area (Å²) in [6.07, 6.45) is 6.50. The summed E-state index contributed by atoms with van der Waals surface area (Å²) in [5.41, 5.74) is -0.0231. The number of likely N-dealkylation sites (tertiary alicyclic amines) is 1. The van der Waals surface area contributed by atoms with Gasteiger partial charge in [-0.25, -0.2) is 4.79 Å². The molecule has 0 atom stereocenters. The minimum Gasteiger partial charge on any atom is -0.444 e. The standard InChI is InChI=1S/C12H19NO2/c1-11(2,3)15-10(14)13-8-12(9-13)6-4-5-7-12/h4-5H,6-9H2,1-3H3. The highest BCUT2D eigenvalue weighted by Crippen LogP contribution is 2.42. The van der Waals surface area contributed by atoms with E-state index in [1.807, 2.05) is 20.8 Å². The Balaban J connectivity index is 1.82. The second-order valence-corrected chi connectivity index (χ2v) is 5.72. The van der Waals surface area contributed by atoms with Gasteiger partial charge in [0, 0.05) is 18.5 Å². The van der Waals surface area contributed by atoms with Crippen molar-refractivity contribution in [1.29, 1.82) is 0 Å². The Hall–Kier alpha value is -0.990. The van der Waals surface area contributed by atoms with Gasteiger partial charge in [-0.15, -0.1) is 0 Å². The molecule has 2 aliphatic rings. The van der Waals surface area contributed by atoms with Gasteiger partial charge in [0.15, 0.2) is 0 Å². The molecule has 1 aliphatic carbocycles. The fraction of sp³-hybridized carbons (Fsp3) is 0.750. The fourth-order valence-corrected chi connectivity index (χ4v) is 2.23. The van der Waals surface area contributed by atoms with Crippen LogP contribution in [0.3, 0.4) is 0 Å². The van der Waals surface area contributed by atoms with E-state index in [4.69, 9.17) is 4.74 Å². The van der Waals surface area contributed by atoms with Gasteiger partial charge < -0.3 is 9.64 Å². The zero-order valence-electron chi connectivity index (χ0n) is 9.75. The van der Waals surface area contributed by atoms with E-state index in [0.717, 1.165) is 25.9 Å². The van der Waals surface area contributed by atoms with Crippen molar-refractivity contribution in [1.82, 2.24) is 4.90 Å². The highest BCUT2D eigenvalue weighted by molar-refractivity contribution is 5.69. The van der Waals surface area contributed by atoms with Gasteiger partial charge in [0.2, 0.25) is 0 Å². The van der Waals surface area contributed by atoms with Crippen LogP contribution in [-0.4, -0.2) is 29.7 Å². The summed E-state index contributed by atoms with van der Waals surface area (Å²) in [6, 6.07) is 0. The summed E-state index contributed by atoms with van der Waals surface area (Å²) in [5.74, 6) is 0. The van der Waals surface area contributed by atoms with Gasteiger partial charge in [0.05, 0.1) is 0 Å². The average Bonchev–Trinajstić information content (AvgIpc) is 2.44. The average molecular weight is 209 g/mol. The van der Waals surface area contributed by atoms with Crippen molar-refractivity contribution in [2.24, 2.45) is 5.41 Å². The number of amides is 1. The monoisotopic (exact) mass is 209 g/mol. The van der Waals surface area contributed by atoms with Gasteiger partial charge in [0.1, 0.15) is 5.60 Å². The highest BCUT2D eigenvalue weighted by atomic mass is 16.6. The second-order valence-electron chi connectivity index (χ2n) is 5.72. The van der Waals surface area contributed by atoms with Crippen molar-refractivity contribution in [3.05, 3.63) is 12.2 Å². The first kappa shape index (κ1) is 10.5. The largest absolute Gasteiger partial charge is 0.444 e. The van der Waals surface area contributed by atoms with Gasteiger partial charge in [0.25, 0.3) is 0 Å². The first-order chi connectivity index (χ1) is 6.90. The number of allylic oxidation sites excluding steroid dienone is 2. The topological polar surface area (TPSA) is 29.5 Å². The number of hydrogen-bond acceptors (Lipinski definition) is 2. The van der Waals surface area contributed by atoms with Crippen LogP contribution in [-0.2, 0) is 4.74 Å². The third kappa shape index (κ3) is 2.16. The molecule has 1 fully saturated rings. The van der Waals surface area contributed by atoms with E-state index in [2.05, 4.69) is 12.2 Å². The number of ether oxygens (including phenoxy) is 1. The van der Waals surface area contributed by atoms with Crippen LogP contribution < -0.4 is 0 Å². The van der Waals surface area contributed by atoms with E-state index in [-0.39, 0.29) is 11.7 Å². The van der Waals surface area contributed by atoms with Gasteiger partial charge >= 0.3 is 6.09 Å². The summed E-state index contributed by atoms with van der Waals surface area (Å²) in [7, 11) is 0. The molecule has 0 unspecified atom stereocenters. The number of carbonyl (C=O) groups is 1. The molecule has 0 aromatic rings. The van der Waals surface area contributed by atoms with Crippen molar-refractivity contribution in [3.8, 4) is 0 Å². The zero-order valence-corrected chi connectivity index (χ0v) is 9.75. The van der Waals surface area contributed by atoms with E-state index in [9.17, 15) is 4.79 Å². The lowest BCUT2D eigenvalue weighted by Crippen LogP contribution is -2.58. The van der Waals surface area contributed by atoms with Gasteiger partial charge in [-0.2, -0.15) is 0 Å². The highest BCUT2D eigenvalue weighted by Gasteiger charge is 2.46. The molecule has 1 spiro atoms.